The van der Waals surface area contributed by atoms with Crippen LogP contribution in [0.25, 0.3) is 0 Å². The van der Waals surface area contributed by atoms with Gasteiger partial charge in [0.1, 0.15) is 0 Å². The minimum absolute atomic E-state index is 0.714. The predicted molar refractivity (Wildman–Crippen MR) is 59.9 cm³/mol. The predicted octanol–water partition coefficient (Wildman–Crippen LogP) is 4.78. The van der Waals surface area contributed by atoms with Crippen molar-refractivity contribution >= 4 is 0 Å². The van der Waals surface area contributed by atoms with Crippen LogP contribution in [0.2, 0.25) is 0 Å². The van der Waals surface area contributed by atoms with Crippen molar-refractivity contribution in [3.63, 3.8) is 0 Å². The smallest absolute Gasteiger partial charge is 0.0275 e. The molecule has 0 heteroatoms. The molecule has 1 aliphatic rings. The van der Waals surface area contributed by atoms with Crippen molar-refractivity contribution in [2.24, 2.45) is 11.3 Å². The van der Waals surface area contributed by atoms with Crippen molar-refractivity contribution in [3.8, 4) is 0 Å². The van der Waals surface area contributed by atoms with Crippen LogP contribution in [0.4, 0.5) is 0 Å². The van der Waals surface area contributed by atoms with Crippen LogP contribution in [-0.4, -0.2) is 0 Å². The highest BCUT2D eigenvalue weighted by Crippen LogP contribution is 2.44. The van der Waals surface area contributed by atoms with Crippen LogP contribution in [0.1, 0.15) is 72.1 Å². The molecule has 13 heavy (non-hydrogen) atoms. The molecule has 1 fully saturated rings. The van der Waals surface area contributed by atoms with Gasteiger partial charge in [-0.2, -0.15) is 0 Å². The molecule has 0 aromatic rings. The highest BCUT2D eigenvalue weighted by Gasteiger charge is 2.32. The van der Waals surface area contributed by atoms with Gasteiger partial charge in [0.05, 0.1) is 0 Å². The number of hydrogen-bond acceptors (Lipinski definition) is 0. The Balaban J connectivity index is 2.62. The van der Waals surface area contributed by atoms with Crippen molar-refractivity contribution in [2.45, 2.75) is 72.1 Å². The standard InChI is InChI=1S/C13H26/c1-4-9-13(12(2)3)10-7-5-6-8-11-13/h12H,4-11H2,1-3H3. The quantitative estimate of drug-likeness (QED) is 0.551. The first-order valence-electron chi connectivity index (χ1n) is 6.21. The lowest BCUT2D eigenvalue weighted by Gasteiger charge is -2.37. The van der Waals surface area contributed by atoms with E-state index in [0.29, 0.717) is 5.41 Å². The maximum atomic E-state index is 2.43. The molecule has 0 heterocycles. The third-order valence-corrected chi connectivity index (χ3v) is 4.07. The van der Waals surface area contributed by atoms with E-state index >= 15 is 0 Å². The zero-order valence-electron chi connectivity index (χ0n) is 9.73. The summed E-state index contributed by atoms with van der Waals surface area (Å²) in [7, 11) is 0. The van der Waals surface area contributed by atoms with Crippen molar-refractivity contribution in [3.05, 3.63) is 0 Å². The lowest BCUT2D eigenvalue weighted by Crippen LogP contribution is -2.26. The summed E-state index contributed by atoms with van der Waals surface area (Å²) >= 11 is 0. The molecular weight excluding hydrogens is 156 g/mol. The molecule has 0 nitrogen and oxygen atoms in total. The van der Waals surface area contributed by atoms with E-state index in [1.54, 1.807) is 0 Å². The third-order valence-electron chi connectivity index (χ3n) is 4.07. The molecule has 0 atom stereocenters. The average molecular weight is 182 g/mol. The van der Waals surface area contributed by atoms with Crippen LogP contribution in [0.15, 0.2) is 0 Å². The molecule has 78 valence electrons. The van der Waals surface area contributed by atoms with Crippen LogP contribution in [-0.2, 0) is 0 Å². The summed E-state index contributed by atoms with van der Waals surface area (Å²) in [6, 6.07) is 0. The molecule has 0 aromatic carbocycles. The molecule has 0 radical (unpaired) electrons. The molecule has 0 bridgehead atoms. The van der Waals surface area contributed by atoms with Crippen LogP contribution in [0.5, 0.6) is 0 Å². The molecule has 1 rings (SSSR count). The van der Waals surface area contributed by atoms with Crippen molar-refractivity contribution in [1.29, 1.82) is 0 Å². The van der Waals surface area contributed by atoms with Gasteiger partial charge in [-0.15, -0.1) is 0 Å². The zero-order valence-corrected chi connectivity index (χ0v) is 9.73. The fourth-order valence-corrected chi connectivity index (χ4v) is 3.05. The highest BCUT2D eigenvalue weighted by atomic mass is 14.4. The van der Waals surface area contributed by atoms with Gasteiger partial charge in [0.2, 0.25) is 0 Å². The Morgan fingerprint density at radius 1 is 1.00 bits per heavy atom. The molecule has 0 aromatic heterocycles. The molecular formula is C13H26. The SMILES string of the molecule is CCCC1(C(C)C)CCCCCC1. The second-order valence-electron chi connectivity index (χ2n) is 5.18. The second kappa shape index (κ2) is 5.02. The summed E-state index contributed by atoms with van der Waals surface area (Å²) in [5.41, 5.74) is 0.714. The van der Waals surface area contributed by atoms with Gasteiger partial charge in [0.25, 0.3) is 0 Å². The van der Waals surface area contributed by atoms with E-state index in [0.717, 1.165) is 5.92 Å². The van der Waals surface area contributed by atoms with Crippen molar-refractivity contribution < 1.29 is 0 Å². The fourth-order valence-electron chi connectivity index (χ4n) is 3.05. The molecule has 0 aliphatic heterocycles. The van der Waals surface area contributed by atoms with Crippen molar-refractivity contribution in [1.82, 2.24) is 0 Å². The van der Waals surface area contributed by atoms with Crippen LogP contribution < -0.4 is 0 Å². The van der Waals surface area contributed by atoms with Gasteiger partial charge < -0.3 is 0 Å². The summed E-state index contributed by atoms with van der Waals surface area (Å²) in [5, 5.41) is 0. The highest BCUT2D eigenvalue weighted by molar-refractivity contribution is 4.83. The Hall–Kier alpha value is 0. The molecule has 0 amide bonds. The van der Waals surface area contributed by atoms with E-state index in [1.807, 2.05) is 0 Å². The summed E-state index contributed by atoms with van der Waals surface area (Å²) in [4.78, 5) is 0. The van der Waals surface area contributed by atoms with Gasteiger partial charge in [-0.3, -0.25) is 0 Å². The van der Waals surface area contributed by atoms with E-state index in [-0.39, 0.29) is 0 Å². The first kappa shape index (κ1) is 11.1. The van der Waals surface area contributed by atoms with Crippen molar-refractivity contribution in [2.75, 3.05) is 0 Å². The van der Waals surface area contributed by atoms with E-state index in [9.17, 15) is 0 Å². The second-order valence-corrected chi connectivity index (χ2v) is 5.18. The van der Waals surface area contributed by atoms with Crippen LogP contribution in [0, 0.1) is 11.3 Å². The minimum atomic E-state index is 0.714. The fraction of sp³-hybridized carbons (Fsp3) is 1.00. The third kappa shape index (κ3) is 2.72. The van der Waals surface area contributed by atoms with Gasteiger partial charge in [0, 0.05) is 0 Å². The maximum Gasteiger partial charge on any atom is -0.0275 e. The first-order valence-corrected chi connectivity index (χ1v) is 6.21. The van der Waals surface area contributed by atoms with E-state index in [1.165, 1.54) is 51.4 Å². The van der Waals surface area contributed by atoms with E-state index < -0.39 is 0 Å². The topological polar surface area (TPSA) is 0 Å². The summed E-state index contributed by atoms with van der Waals surface area (Å²) in [6.45, 7) is 7.21. The summed E-state index contributed by atoms with van der Waals surface area (Å²) in [6.07, 6.45) is 11.8. The summed E-state index contributed by atoms with van der Waals surface area (Å²) in [5.74, 6) is 0.894. The summed E-state index contributed by atoms with van der Waals surface area (Å²) < 4.78 is 0. The minimum Gasteiger partial charge on any atom is -0.0654 e. The molecule has 1 saturated carbocycles. The van der Waals surface area contributed by atoms with E-state index in [4.69, 9.17) is 0 Å². The Morgan fingerprint density at radius 2 is 1.54 bits per heavy atom. The monoisotopic (exact) mass is 182 g/mol. The van der Waals surface area contributed by atoms with Gasteiger partial charge in [0.15, 0.2) is 0 Å². The molecule has 0 unspecified atom stereocenters. The van der Waals surface area contributed by atoms with Gasteiger partial charge in [-0.05, 0) is 30.6 Å². The Bertz CT molecular complexity index is 127. The van der Waals surface area contributed by atoms with Gasteiger partial charge in [-0.1, -0.05) is 52.9 Å². The van der Waals surface area contributed by atoms with Crippen LogP contribution in [0.3, 0.4) is 0 Å². The normalized spacial score (nSPS) is 23.1. The Morgan fingerprint density at radius 3 is 1.92 bits per heavy atom. The maximum absolute atomic E-state index is 2.43. The number of rotatable bonds is 3. The molecule has 0 saturated heterocycles. The Labute approximate surface area is 84.1 Å². The first-order chi connectivity index (χ1) is 6.21. The van der Waals surface area contributed by atoms with Gasteiger partial charge >= 0.3 is 0 Å². The largest absolute Gasteiger partial charge is 0.0654 e. The molecule has 1 aliphatic carbocycles. The van der Waals surface area contributed by atoms with Crippen LogP contribution >= 0.6 is 0 Å². The number of hydrogen-bond donors (Lipinski definition) is 0. The Kier molecular flexibility index (Phi) is 4.28. The lowest BCUT2D eigenvalue weighted by atomic mass is 9.69. The van der Waals surface area contributed by atoms with E-state index in [2.05, 4.69) is 20.8 Å². The average Bonchev–Trinajstić information content (AvgIpc) is 2.31. The molecule has 0 N–H and O–H groups in total. The zero-order chi connectivity index (χ0) is 9.73. The lowest BCUT2D eigenvalue weighted by molar-refractivity contribution is 0.140. The molecule has 0 spiro atoms. The van der Waals surface area contributed by atoms with Gasteiger partial charge in [-0.25, -0.2) is 0 Å².